The maximum Gasteiger partial charge on any atom is 0.287 e. The van der Waals surface area contributed by atoms with Crippen LogP contribution in [0.25, 0.3) is 0 Å². The van der Waals surface area contributed by atoms with Gasteiger partial charge in [-0.05, 0) is 37.1 Å². The molecule has 18 heavy (non-hydrogen) atoms. The molecule has 2 rings (SSSR count). The molecule has 5 heteroatoms. The number of benzene rings is 1. The van der Waals surface area contributed by atoms with Crippen LogP contribution in [0.3, 0.4) is 0 Å². The Hall–Kier alpha value is -2.43. The number of hydrogen-bond acceptors (Lipinski definition) is 4. The molecule has 0 saturated heterocycles. The lowest BCUT2D eigenvalue weighted by atomic mass is 10.1. The second kappa shape index (κ2) is 4.83. The normalized spacial score (nSPS) is 10.1. The maximum atomic E-state index is 10.5. The van der Waals surface area contributed by atoms with Gasteiger partial charge in [-0.15, -0.1) is 0 Å². The summed E-state index contributed by atoms with van der Waals surface area (Å²) >= 11 is 0. The van der Waals surface area contributed by atoms with Gasteiger partial charge in [-0.2, -0.15) is 0 Å². The van der Waals surface area contributed by atoms with E-state index in [2.05, 4.69) is 4.98 Å². The molecule has 0 aliphatic heterocycles. The van der Waals surface area contributed by atoms with E-state index in [1.807, 2.05) is 32.0 Å². The zero-order valence-corrected chi connectivity index (χ0v) is 10.1. The van der Waals surface area contributed by atoms with Crippen LogP contribution in [0.5, 0.6) is 11.6 Å². The third-order valence-electron chi connectivity index (χ3n) is 2.63. The summed E-state index contributed by atoms with van der Waals surface area (Å²) in [6, 6.07) is 8.54. The maximum absolute atomic E-state index is 10.5. The Bertz CT molecular complexity index is 579. The summed E-state index contributed by atoms with van der Waals surface area (Å²) in [6.07, 6.45) is 1.18. The highest BCUT2D eigenvalue weighted by molar-refractivity contribution is 5.37. The number of pyridine rings is 1. The molecule has 0 amide bonds. The van der Waals surface area contributed by atoms with Crippen molar-refractivity contribution in [2.75, 3.05) is 0 Å². The fourth-order valence-electron chi connectivity index (χ4n) is 1.44. The fraction of sp³-hybridized carbons (Fsp3) is 0.154. The third kappa shape index (κ3) is 2.63. The second-order valence-electron chi connectivity index (χ2n) is 3.96. The first-order valence-corrected chi connectivity index (χ1v) is 5.42. The van der Waals surface area contributed by atoms with E-state index in [4.69, 9.17) is 4.74 Å². The van der Waals surface area contributed by atoms with Crippen LogP contribution in [0.15, 0.2) is 36.5 Å². The predicted molar refractivity (Wildman–Crippen MR) is 66.9 cm³/mol. The van der Waals surface area contributed by atoms with Crippen molar-refractivity contribution in [3.8, 4) is 11.6 Å². The first-order chi connectivity index (χ1) is 8.56. The van der Waals surface area contributed by atoms with Crippen LogP contribution < -0.4 is 4.74 Å². The molecule has 0 unspecified atom stereocenters. The Kier molecular flexibility index (Phi) is 3.23. The Morgan fingerprint density at radius 2 is 1.94 bits per heavy atom. The van der Waals surface area contributed by atoms with Crippen molar-refractivity contribution in [2.45, 2.75) is 13.8 Å². The molecule has 0 radical (unpaired) electrons. The molecule has 0 fully saturated rings. The van der Waals surface area contributed by atoms with Crippen LogP contribution in [0.2, 0.25) is 0 Å². The minimum Gasteiger partial charge on any atom is -0.439 e. The molecule has 1 heterocycles. The highest BCUT2D eigenvalue weighted by atomic mass is 16.6. The van der Waals surface area contributed by atoms with E-state index in [1.54, 1.807) is 0 Å². The van der Waals surface area contributed by atoms with E-state index in [0.717, 1.165) is 5.56 Å². The molecule has 1 aromatic heterocycles. The molecule has 0 aliphatic carbocycles. The van der Waals surface area contributed by atoms with Gasteiger partial charge in [0.2, 0.25) is 5.88 Å². The molecule has 5 nitrogen and oxygen atoms in total. The quantitative estimate of drug-likeness (QED) is 0.613. The topological polar surface area (TPSA) is 65.3 Å². The van der Waals surface area contributed by atoms with E-state index in [1.165, 1.54) is 23.9 Å². The number of nitrogens with zero attached hydrogens (tertiary/aromatic N) is 2. The zero-order valence-electron chi connectivity index (χ0n) is 10.1. The summed E-state index contributed by atoms with van der Waals surface area (Å²) in [6.45, 7) is 4.01. The monoisotopic (exact) mass is 244 g/mol. The molecular weight excluding hydrogens is 232 g/mol. The van der Waals surface area contributed by atoms with Crippen LogP contribution in [-0.2, 0) is 0 Å². The first kappa shape index (κ1) is 12.0. The summed E-state index contributed by atoms with van der Waals surface area (Å²) in [5.74, 6) is 1.00. The van der Waals surface area contributed by atoms with Gasteiger partial charge in [0.05, 0.1) is 4.92 Å². The molecule has 0 aliphatic rings. The third-order valence-corrected chi connectivity index (χ3v) is 2.63. The largest absolute Gasteiger partial charge is 0.439 e. The van der Waals surface area contributed by atoms with Crippen molar-refractivity contribution >= 4 is 5.69 Å². The molecule has 0 spiro atoms. The van der Waals surface area contributed by atoms with Crippen molar-refractivity contribution < 1.29 is 9.66 Å². The van der Waals surface area contributed by atoms with Gasteiger partial charge in [0.15, 0.2) is 0 Å². The summed E-state index contributed by atoms with van der Waals surface area (Å²) in [5.41, 5.74) is 2.25. The summed E-state index contributed by atoms with van der Waals surface area (Å²) in [7, 11) is 0. The zero-order chi connectivity index (χ0) is 13.1. The number of hydrogen-bond donors (Lipinski definition) is 0. The van der Waals surface area contributed by atoms with Crippen LogP contribution in [-0.4, -0.2) is 9.91 Å². The number of aromatic nitrogens is 1. The van der Waals surface area contributed by atoms with Gasteiger partial charge in [0.1, 0.15) is 11.9 Å². The Labute approximate surface area is 104 Å². The van der Waals surface area contributed by atoms with E-state index in [-0.39, 0.29) is 5.69 Å². The molecule has 2 aromatic rings. The molecule has 0 N–H and O–H groups in total. The first-order valence-electron chi connectivity index (χ1n) is 5.42. The lowest BCUT2D eigenvalue weighted by Gasteiger charge is -2.06. The molecule has 92 valence electrons. The fourth-order valence-corrected chi connectivity index (χ4v) is 1.44. The second-order valence-corrected chi connectivity index (χ2v) is 3.96. The molecule has 0 atom stereocenters. The van der Waals surface area contributed by atoms with Gasteiger partial charge >= 0.3 is 0 Å². The minimum absolute atomic E-state index is 0.0533. The van der Waals surface area contributed by atoms with Gasteiger partial charge in [0, 0.05) is 12.1 Å². The van der Waals surface area contributed by atoms with Gasteiger partial charge in [-0.25, -0.2) is 4.98 Å². The van der Waals surface area contributed by atoms with Crippen molar-refractivity contribution in [2.24, 2.45) is 0 Å². The van der Waals surface area contributed by atoms with Crippen molar-refractivity contribution in [1.82, 2.24) is 4.98 Å². The summed E-state index contributed by atoms with van der Waals surface area (Å²) in [4.78, 5) is 13.9. The lowest BCUT2D eigenvalue weighted by Crippen LogP contribution is -1.92. The van der Waals surface area contributed by atoms with E-state index < -0.39 is 4.92 Å². The van der Waals surface area contributed by atoms with Gasteiger partial charge in [0.25, 0.3) is 5.69 Å². The van der Waals surface area contributed by atoms with Crippen molar-refractivity contribution in [1.29, 1.82) is 0 Å². The van der Waals surface area contributed by atoms with Gasteiger partial charge in [-0.1, -0.05) is 6.07 Å². The summed E-state index contributed by atoms with van der Waals surface area (Å²) in [5, 5.41) is 10.5. The molecular formula is C13H12N2O3. The van der Waals surface area contributed by atoms with Crippen molar-refractivity contribution in [3.05, 3.63) is 57.8 Å². The SMILES string of the molecule is Cc1ccc(Oc2ccc([N+](=O)[O-])cn2)cc1C. The van der Waals surface area contributed by atoms with E-state index in [0.29, 0.717) is 11.6 Å². The molecule has 1 aromatic carbocycles. The Morgan fingerprint density at radius 3 is 2.50 bits per heavy atom. The number of rotatable bonds is 3. The molecule has 0 saturated carbocycles. The van der Waals surface area contributed by atoms with Crippen LogP contribution in [0, 0.1) is 24.0 Å². The number of aryl methyl sites for hydroxylation is 2. The van der Waals surface area contributed by atoms with Crippen LogP contribution in [0.4, 0.5) is 5.69 Å². The van der Waals surface area contributed by atoms with Crippen LogP contribution in [0.1, 0.15) is 11.1 Å². The molecule has 0 bridgehead atoms. The summed E-state index contributed by atoms with van der Waals surface area (Å²) < 4.78 is 5.52. The standard InChI is InChI=1S/C13H12N2O3/c1-9-3-5-12(7-10(9)2)18-13-6-4-11(8-14-13)15(16)17/h3-8H,1-2H3. The Morgan fingerprint density at radius 1 is 1.17 bits per heavy atom. The highest BCUT2D eigenvalue weighted by Gasteiger charge is 2.06. The average molecular weight is 244 g/mol. The average Bonchev–Trinajstić information content (AvgIpc) is 2.34. The highest BCUT2D eigenvalue weighted by Crippen LogP contribution is 2.23. The van der Waals surface area contributed by atoms with Crippen LogP contribution >= 0.6 is 0 Å². The predicted octanol–water partition coefficient (Wildman–Crippen LogP) is 3.40. The van der Waals surface area contributed by atoms with Gasteiger partial charge < -0.3 is 4.74 Å². The van der Waals surface area contributed by atoms with Gasteiger partial charge in [-0.3, -0.25) is 10.1 Å². The van der Waals surface area contributed by atoms with E-state index >= 15 is 0 Å². The van der Waals surface area contributed by atoms with Crippen molar-refractivity contribution in [3.63, 3.8) is 0 Å². The number of nitro groups is 1. The minimum atomic E-state index is -0.493. The lowest BCUT2D eigenvalue weighted by molar-refractivity contribution is -0.385. The Balaban J connectivity index is 2.18. The van der Waals surface area contributed by atoms with E-state index in [9.17, 15) is 10.1 Å². The smallest absolute Gasteiger partial charge is 0.287 e. The number of ether oxygens (including phenoxy) is 1.